The third-order valence-electron chi connectivity index (χ3n) is 9.92. The number of benzene rings is 4. The SMILES string of the molecule is CC1=C[C@H](c2ccccc2)C[C@H](C)C1c1c(C)nn(-c2cccc(Oc3ccc4c5ccccc5n(-c5cc(F)ccn5)c4c3)c2)c1C. The largest absolute Gasteiger partial charge is 0.457 e. The van der Waals surface area contributed by atoms with Gasteiger partial charge >= 0.3 is 0 Å². The fourth-order valence-electron chi connectivity index (χ4n) is 7.87. The molecule has 0 amide bonds. The highest BCUT2D eigenvalue weighted by atomic mass is 19.1. The maximum absolute atomic E-state index is 14.3. The Morgan fingerprint density at radius 1 is 0.771 bits per heavy atom. The summed E-state index contributed by atoms with van der Waals surface area (Å²) in [4.78, 5) is 4.49. The van der Waals surface area contributed by atoms with Crippen LogP contribution in [-0.2, 0) is 0 Å². The minimum absolute atomic E-state index is 0.323. The number of rotatable bonds is 6. The molecule has 4 aromatic carbocycles. The molecule has 48 heavy (non-hydrogen) atoms. The number of aryl methyl sites for hydroxylation is 1. The number of para-hydroxylation sites is 1. The van der Waals surface area contributed by atoms with E-state index in [4.69, 9.17) is 9.84 Å². The molecule has 3 aromatic heterocycles. The molecule has 3 heterocycles. The van der Waals surface area contributed by atoms with Crippen LogP contribution in [0.1, 0.15) is 54.6 Å². The fourth-order valence-corrected chi connectivity index (χ4v) is 7.87. The molecule has 6 heteroatoms. The Labute approximate surface area is 280 Å². The van der Waals surface area contributed by atoms with E-state index in [0.29, 0.717) is 35.1 Å². The Hall–Kier alpha value is -5.49. The molecule has 0 spiro atoms. The van der Waals surface area contributed by atoms with Gasteiger partial charge in [-0.05, 0) is 75.1 Å². The van der Waals surface area contributed by atoms with E-state index in [2.05, 4.69) is 92.0 Å². The van der Waals surface area contributed by atoms with Crippen molar-refractivity contribution in [1.29, 1.82) is 0 Å². The molecule has 0 saturated carbocycles. The number of allylic oxidation sites excluding steroid dienone is 2. The van der Waals surface area contributed by atoms with Crippen molar-refractivity contribution < 1.29 is 9.13 Å². The second-order valence-corrected chi connectivity index (χ2v) is 13.1. The average molecular weight is 633 g/mol. The number of fused-ring (bicyclic) bond motifs is 3. The first kappa shape index (κ1) is 29.9. The van der Waals surface area contributed by atoms with Gasteiger partial charge in [0.25, 0.3) is 0 Å². The van der Waals surface area contributed by atoms with Crippen molar-refractivity contribution in [2.45, 2.75) is 46.0 Å². The lowest BCUT2D eigenvalue weighted by atomic mass is 9.70. The molecule has 3 atom stereocenters. The Kier molecular flexibility index (Phi) is 7.44. The molecular formula is C42H37FN4O. The van der Waals surface area contributed by atoms with E-state index in [-0.39, 0.29) is 5.82 Å². The highest BCUT2D eigenvalue weighted by Crippen LogP contribution is 2.46. The van der Waals surface area contributed by atoms with Crippen LogP contribution in [0.15, 0.2) is 127 Å². The summed E-state index contributed by atoms with van der Waals surface area (Å²) in [5.41, 5.74) is 9.13. The zero-order chi connectivity index (χ0) is 32.9. The third-order valence-corrected chi connectivity index (χ3v) is 9.92. The first-order chi connectivity index (χ1) is 23.4. The van der Waals surface area contributed by atoms with Crippen LogP contribution in [0.5, 0.6) is 11.5 Å². The highest BCUT2D eigenvalue weighted by molar-refractivity contribution is 6.09. The molecule has 0 radical (unpaired) electrons. The van der Waals surface area contributed by atoms with E-state index in [1.54, 1.807) is 0 Å². The van der Waals surface area contributed by atoms with Crippen molar-refractivity contribution in [3.8, 4) is 23.0 Å². The zero-order valence-corrected chi connectivity index (χ0v) is 27.6. The number of hydrogen-bond acceptors (Lipinski definition) is 3. The van der Waals surface area contributed by atoms with Gasteiger partial charge in [-0.3, -0.25) is 4.57 Å². The maximum atomic E-state index is 14.3. The Balaban J connectivity index is 1.12. The maximum Gasteiger partial charge on any atom is 0.140 e. The summed E-state index contributed by atoms with van der Waals surface area (Å²) >= 11 is 0. The average Bonchev–Trinajstić information content (AvgIpc) is 3.57. The van der Waals surface area contributed by atoms with Gasteiger partial charge in [0, 0.05) is 58.3 Å². The summed E-state index contributed by atoms with van der Waals surface area (Å²) in [6.45, 7) is 8.97. The summed E-state index contributed by atoms with van der Waals surface area (Å²) in [5, 5.41) is 7.18. The summed E-state index contributed by atoms with van der Waals surface area (Å²) in [7, 11) is 0. The predicted octanol–water partition coefficient (Wildman–Crippen LogP) is 10.8. The van der Waals surface area contributed by atoms with Crippen LogP contribution in [0.2, 0.25) is 0 Å². The summed E-state index contributed by atoms with van der Waals surface area (Å²) in [6, 6.07) is 35.9. The Morgan fingerprint density at radius 3 is 2.35 bits per heavy atom. The van der Waals surface area contributed by atoms with E-state index < -0.39 is 0 Å². The van der Waals surface area contributed by atoms with Crippen LogP contribution in [0.25, 0.3) is 33.3 Å². The van der Waals surface area contributed by atoms with Crippen molar-refractivity contribution >= 4 is 21.8 Å². The summed E-state index contributed by atoms with van der Waals surface area (Å²) in [5.74, 6) is 2.82. The van der Waals surface area contributed by atoms with Gasteiger partial charge in [-0.2, -0.15) is 5.10 Å². The molecule has 1 aliphatic rings. The van der Waals surface area contributed by atoms with Gasteiger partial charge < -0.3 is 4.74 Å². The lowest BCUT2D eigenvalue weighted by Crippen LogP contribution is -2.20. The molecule has 8 rings (SSSR count). The molecule has 0 N–H and O–H groups in total. The normalized spacial score (nSPS) is 17.9. The highest BCUT2D eigenvalue weighted by Gasteiger charge is 2.33. The minimum Gasteiger partial charge on any atom is -0.457 e. The predicted molar refractivity (Wildman–Crippen MR) is 191 cm³/mol. The van der Waals surface area contributed by atoms with Gasteiger partial charge in [0.1, 0.15) is 23.1 Å². The molecule has 7 aromatic rings. The fraction of sp³-hybridized carbons (Fsp3) is 0.190. The standard InChI is InChI=1S/C42H37FN4O/c1-26-21-31(30-11-6-5-7-12-30)22-27(2)41(26)42-28(3)45-47(29(42)4)33-13-10-14-34(24-33)48-35-17-18-37-36-15-8-9-16-38(36)46(39(37)25-35)40-23-32(43)19-20-44-40/h5-21,23-25,27,31,41H,22H2,1-4H3/t27-,31-,41?/m0/s1. The quantitative estimate of drug-likeness (QED) is 0.171. The monoisotopic (exact) mass is 632 g/mol. The molecule has 0 saturated heterocycles. The molecule has 1 aliphatic carbocycles. The topological polar surface area (TPSA) is 44.9 Å². The first-order valence-corrected chi connectivity index (χ1v) is 16.6. The van der Waals surface area contributed by atoms with Crippen LogP contribution in [0, 0.1) is 25.6 Å². The molecule has 238 valence electrons. The molecular weight excluding hydrogens is 595 g/mol. The lowest BCUT2D eigenvalue weighted by molar-refractivity contribution is 0.420. The summed E-state index contributed by atoms with van der Waals surface area (Å²) < 4.78 is 24.8. The molecule has 5 nitrogen and oxygen atoms in total. The van der Waals surface area contributed by atoms with Crippen molar-refractivity contribution in [2.24, 2.45) is 5.92 Å². The second kappa shape index (κ2) is 11.9. The van der Waals surface area contributed by atoms with Gasteiger partial charge in [0.2, 0.25) is 0 Å². The van der Waals surface area contributed by atoms with Crippen LogP contribution in [-0.4, -0.2) is 19.3 Å². The van der Waals surface area contributed by atoms with Gasteiger partial charge in [-0.1, -0.05) is 73.2 Å². The van der Waals surface area contributed by atoms with Gasteiger partial charge in [-0.15, -0.1) is 0 Å². The number of halogens is 1. The zero-order valence-electron chi connectivity index (χ0n) is 27.6. The van der Waals surface area contributed by atoms with Crippen molar-refractivity contribution in [1.82, 2.24) is 19.3 Å². The number of hydrogen-bond donors (Lipinski definition) is 0. The second-order valence-electron chi connectivity index (χ2n) is 13.1. The van der Waals surface area contributed by atoms with Gasteiger partial charge in [-0.25, -0.2) is 14.1 Å². The van der Waals surface area contributed by atoms with Gasteiger partial charge in [0.05, 0.1) is 22.4 Å². The van der Waals surface area contributed by atoms with Crippen LogP contribution >= 0.6 is 0 Å². The minimum atomic E-state index is -0.331. The van der Waals surface area contributed by atoms with Crippen molar-refractivity contribution in [3.05, 3.63) is 155 Å². The van der Waals surface area contributed by atoms with E-state index >= 15 is 0 Å². The summed E-state index contributed by atoms with van der Waals surface area (Å²) in [6.07, 6.45) is 5.07. The molecule has 0 aliphatic heterocycles. The van der Waals surface area contributed by atoms with Crippen LogP contribution in [0.3, 0.4) is 0 Å². The third kappa shape index (κ3) is 5.18. The van der Waals surface area contributed by atoms with E-state index in [0.717, 1.165) is 45.3 Å². The Bertz CT molecular complexity index is 2330. The number of ether oxygens (including phenoxy) is 1. The van der Waals surface area contributed by atoms with Crippen LogP contribution < -0.4 is 4.74 Å². The Morgan fingerprint density at radius 2 is 1.54 bits per heavy atom. The van der Waals surface area contributed by atoms with E-state index in [1.807, 2.05) is 53.1 Å². The molecule has 0 fully saturated rings. The number of pyridine rings is 1. The number of nitrogens with zero attached hydrogens (tertiary/aromatic N) is 4. The van der Waals surface area contributed by atoms with Crippen molar-refractivity contribution in [3.63, 3.8) is 0 Å². The smallest absolute Gasteiger partial charge is 0.140 e. The molecule has 1 unspecified atom stereocenters. The first-order valence-electron chi connectivity index (χ1n) is 16.6. The van der Waals surface area contributed by atoms with Gasteiger partial charge in [0.15, 0.2) is 0 Å². The van der Waals surface area contributed by atoms with Crippen LogP contribution in [0.4, 0.5) is 4.39 Å². The lowest BCUT2D eigenvalue weighted by Gasteiger charge is -2.34. The van der Waals surface area contributed by atoms with Crippen molar-refractivity contribution in [2.75, 3.05) is 0 Å². The molecule has 0 bridgehead atoms. The van der Waals surface area contributed by atoms with E-state index in [1.165, 1.54) is 35.0 Å². The van der Waals surface area contributed by atoms with E-state index in [9.17, 15) is 4.39 Å². The number of aromatic nitrogens is 4.